The van der Waals surface area contributed by atoms with E-state index in [4.69, 9.17) is 5.73 Å². The molecule has 0 aromatic heterocycles. The largest absolute Gasteiger partial charge is 0.399 e. The van der Waals surface area contributed by atoms with Gasteiger partial charge >= 0.3 is 0 Å². The van der Waals surface area contributed by atoms with Gasteiger partial charge in [-0.1, -0.05) is 29.8 Å². The summed E-state index contributed by atoms with van der Waals surface area (Å²) >= 11 is 0. The number of aryl methyl sites for hydroxylation is 2. The Balaban J connectivity index is 1.78. The Morgan fingerprint density at radius 3 is 2.71 bits per heavy atom. The zero-order valence-corrected chi connectivity index (χ0v) is 12.4. The molecule has 1 unspecified atom stereocenters. The van der Waals surface area contributed by atoms with Crippen LogP contribution in [-0.2, 0) is 6.42 Å². The summed E-state index contributed by atoms with van der Waals surface area (Å²) in [5.74, 6) is 0. The van der Waals surface area contributed by atoms with Crippen LogP contribution in [0.5, 0.6) is 0 Å². The Labute approximate surface area is 126 Å². The normalized spacial score (nSPS) is 15.6. The molecule has 21 heavy (non-hydrogen) atoms. The molecule has 0 bridgehead atoms. The minimum atomic E-state index is -0.488. The Kier molecular flexibility index (Phi) is 3.84. The van der Waals surface area contributed by atoms with Crippen LogP contribution in [0, 0.1) is 6.92 Å². The van der Waals surface area contributed by atoms with E-state index < -0.39 is 6.10 Å². The molecule has 0 saturated heterocycles. The second-order valence-corrected chi connectivity index (χ2v) is 5.86. The third kappa shape index (κ3) is 3.03. The van der Waals surface area contributed by atoms with Crippen LogP contribution < -0.4 is 10.6 Å². The molecule has 0 fully saturated rings. The number of β-amino-alcohol motifs (C(OH)–C–C–N with tert-alkyl or cyclic N) is 1. The van der Waals surface area contributed by atoms with Crippen molar-refractivity contribution in [3.05, 3.63) is 59.2 Å². The topological polar surface area (TPSA) is 49.5 Å². The Hall–Kier alpha value is -2.00. The molecule has 1 heterocycles. The number of nitrogens with zero attached hydrogens (tertiary/aromatic N) is 1. The monoisotopic (exact) mass is 282 g/mol. The molecule has 1 atom stereocenters. The average molecular weight is 282 g/mol. The Morgan fingerprint density at radius 2 is 1.95 bits per heavy atom. The minimum Gasteiger partial charge on any atom is -0.399 e. The number of rotatable bonds is 3. The lowest BCUT2D eigenvalue weighted by Gasteiger charge is -2.33. The lowest BCUT2D eigenvalue weighted by Crippen LogP contribution is -2.33. The van der Waals surface area contributed by atoms with Crippen LogP contribution in [0.1, 0.15) is 29.2 Å². The number of aliphatic hydroxyl groups excluding tert-OH is 1. The lowest BCUT2D eigenvalue weighted by atomic mass is 9.98. The van der Waals surface area contributed by atoms with Gasteiger partial charge < -0.3 is 15.7 Å². The summed E-state index contributed by atoms with van der Waals surface area (Å²) in [7, 11) is 0. The van der Waals surface area contributed by atoms with E-state index in [0.29, 0.717) is 6.54 Å². The highest BCUT2D eigenvalue weighted by Crippen LogP contribution is 2.29. The number of benzene rings is 2. The second-order valence-electron chi connectivity index (χ2n) is 5.86. The molecule has 0 radical (unpaired) electrons. The van der Waals surface area contributed by atoms with Gasteiger partial charge in [-0.3, -0.25) is 0 Å². The molecule has 3 rings (SSSR count). The van der Waals surface area contributed by atoms with Crippen LogP contribution in [0.4, 0.5) is 11.4 Å². The smallest absolute Gasteiger partial charge is 0.0964 e. The molecule has 1 aliphatic rings. The molecule has 1 aliphatic heterocycles. The van der Waals surface area contributed by atoms with E-state index in [1.165, 1.54) is 16.8 Å². The summed E-state index contributed by atoms with van der Waals surface area (Å²) < 4.78 is 0. The van der Waals surface area contributed by atoms with Crippen molar-refractivity contribution in [1.29, 1.82) is 0 Å². The van der Waals surface area contributed by atoms with E-state index >= 15 is 0 Å². The number of aliphatic hydroxyl groups is 1. The summed E-state index contributed by atoms with van der Waals surface area (Å²) in [5, 5.41) is 10.5. The zero-order chi connectivity index (χ0) is 14.8. The molecule has 0 spiro atoms. The van der Waals surface area contributed by atoms with Gasteiger partial charge in [-0.15, -0.1) is 0 Å². The summed E-state index contributed by atoms with van der Waals surface area (Å²) in [6.45, 7) is 3.75. The van der Waals surface area contributed by atoms with Crippen molar-refractivity contribution >= 4 is 11.4 Å². The van der Waals surface area contributed by atoms with E-state index in [1.807, 2.05) is 24.3 Å². The third-order valence-electron chi connectivity index (χ3n) is 4.16. The molecular formula is C18H22N2O. The average Bonchev–Trinajstić information content (AvgIpc) is 2.47. The number of hydrogen-bond acceptors (Lipinski definition) is 3. The van der Waals surface area contributed by atoms with Gasteiger partial charge in [0.1, 0.15) is 0 Å². The van der Waals surface area contributed by atoms with Gasteiger partial charge in [-0.2, -0.15) is 0 Å². The van der Waals surface area contributed by atoms with Crippen molar-refractivity contribution in [1.82, 2.24) is 0 Å². The summed E-state index contributed by atoms with van der Waals surface area (Å²) in [6, 6.07) is 14.1. The highest BCUT2D eigenvalue weighted by Gasteiger charge is 2.20. The first-order chi connectivity index (χ1) is 10.1. The molecule has 3 heteroatoms. The van der Waals surface area contributed by atoms with Gasteiger partial charge in [-0.05, 0) is 49.1 Å². The Bertz CT molecular complexity index is 622. The standard InChI is InChI=1S/C18H22N2O/c1-13-4-9-17-15(11-13)3-2-10-20(17)12-18(21)14-5-7-16(19)8-6-14/h4-9,11,18,21H,2-3,10,12,19H2,1H3. The van der Waals surface area contributed by atoms with Crippen LogP contribution >= 0.6 is 0 Å². The van der Waals surface area contributed by atoms with Crippen molar-refractivity contribution in [2.45, 2.75) is 25.9 Å². The molecular weight excluding hydrogens is 260 g/mol. The fourth-order valence-corrected chi connectivity index (χ4v) is 3.03. The fourth-order valence-electron chi connectivity index (χ4n) is 3.03. The van der Waals surface area contributed by atoms with E-state index in [9.17, 15) is 5.11 Å². The first-order valence-corrected chi connectivity index (χ1v) is 7.51. The number of fused-ring (bicyclic) bond motifs is 1. The van der Waals surface area contributed by atoms with Crippen molar-refractivity contribution in [3.8, 4) is 0 Å². The van der Waals surface area contributed by atoms with Gasteiger partial charge in [0.25, 0.3) is 0 Å². The van der Waals surface area contributed by atoms with E-state index in [2.05, 4.69) is 30.0 Å². The van der Waals surface area contributed by atoms with Crippen molar-refractivity contribution in [2.24, 2.45) is 0 Å². The first-order valence-electron chi connectivity index (χ1n) is 7.51. The van der Waals surface area contributed by atoms with Gasteiger partial charge in [-0.25, -0.2) is 0 Å². The summed E-state index contributed by atoms with van der Waals surface area (Å²) in [4.78, 5) is 2.29. The van der Waals surface area contributed by atoms with Gasteiger partial charge in [0, 0.05) is 24.5 Å². The quantitative estimate of drug-likeness (QED) is 0.851. The molecule has 2 aromatic rings. The second kappa shape index (κ2) is 5.78. The van der Waals surface area contributed by atoms with E-state index in [0.717, 1.165) is 30.6 Å². The molecule has 2 aromatic carbocycles. The molecule has 0 saturated carbocycles. The summed E-state index contributed by atoms with van der Waals surface area (Å²) in [5.41, 5.74) is 11.3. The predicted molar refractivity (Wildman–Crippen MR) is 87.5 cm³/mol. The number of hydrogen-bond donors (Lipinski definition) is 2. The van der Waals surface area contributed by atoms with Crippen molar-refractivity contribution in [2.75, 3.05) is 23.7 Å². The summed E-state index contributed by atoms with van der Waals surface area (Å²) in [6.07, 6.45) is 1.79. The highest BCUT2D eigenvalue weighted by molar-refractivity contribution is 5.57. The van der Waals surface area contributed by atoms with Crippen LogP contribution in [0.15, 0.2) is 42.5 Å². The number of anilines is 2. The number of nitrogen functional groups attached to an aromatic ring is 1. The van der Waals surface area contributed by atoms with Crippen LogP contribution in [-0.4, -0.2) is 18.2 Å². The molecule has 3 nitrogen and oxygen atoms in total. The molecule has 3 N–H and O–H groups in total. The number of nitrogens with two attached hydrogens (primary N) is 1. The third-order valence-corrected chi connectivity index (χ3v) is 4.16. The SMILES string of the molecule is Cc1ccc2c(c1)CCCN2CC(O)c1ccc(N)cc1. The minimum absolute atomic E-state index is 0.488. The van der Waals surface area contributed by atoms with Crippen molar-refractivity contribution in [3.63, 3.8) is 0 Å². The van der Waals surface area contributed by atoms with Crippen molar-refractivity contribution < 1.29 is 5.11 Å². The maximum atomic E-state index is 10.5. The van der Waals surface area contributed by atoms with Gasteiger partial charge in [0.2, 0.25) is 0 Å². The van der Waals surface area contributed by atoms with Gasteiger partial charge in [0.15, 0.2) is 0 Å². The van der Waals surface area contributed by atoms with Crippen LogP contribution in [0.3, 0.4) is 0 Å². The van der Waals surface area contributed by atoms with Crippen LogP contribution in [0.2, 0.25) is 0 Å². The highest BCUT2D eigenvalue weighted by atomic mass is 16.3. The van der Waals surface area contributed by atoms with Gasteiger partial charge in [0.05, 0.1) is 6.10 Å². The Morgan fingerprint density at radius 1 is 1.19 bits per heavy atom. The first kappa shape index (κ1) is 14.0. The lowest BCUT2D eigenvalue weighted by molar-refractivity contribution is 0.183. The molecule has 0 amide bonds. The molecule has 0 aliphatic carbocycles. The van der Waals surface area contributed by atoms with E-state index in [1.54, 1.807) is 0 Å². The molecule has 110 valence electrons. The maximum absolute atomic E-state index is 10.5. The zero-order valence-electron chi connectivity index (χ0n) is 12.4. The fraction of sp³-hybridized carbons (Fsp3) is 0.333. The maximum Gasteiger partial charge on any atom is 0.0964 e. The van der Waals surface area contributed by atoms with Crippen LogP contribution in [0.25, 0.3) is 0 Å². The van der Waals surface area contributed by atoms with E-state index in [-0.39, 0.29) is 0 Å². The predicted octanol–water partition coefficient (Wildman–Crippen LogP) is 3.06.